The maximum Gasteiger partial charge on any atom is 0.224 e. The first-order valence-electron chi connectivity index (χ1n) is 8.24. The zero-order valence-electron chi connectivity index (χ0n) is 13.3. The van der Waals surface area contributed by atoms with Gasteiger partial charge in [-0.1, -0.05) is 45.4 Å². The molecule has 0 unspecified atom stereocenters. The van der Waals surface area contributed by atoms with Gasteiger partial charge in [-0.05, 0) is 24.6 Å². The molecule has 0 atom stereocenters. The molecule has 0 aliphatic heterocycles. The molecule has 0 fully saturated rings. The van der Waals surface area contributed by atoms with Gasteiger partial charge in [0, 0.05) is 12.1 Å². The lowest BCUT2D eigenvalue weighted by Crippen LogP contribution is -2.10. The van der Waals surface area contributed by atoms with Crippen molar-refractivity contribution in [3.05, 3.63) is 18.2 Å². The van der Waals surface area contributed by atoms with Crippen molar-refractivity contribution in [1.29, 1.82) is 0 Å². The highest BCUT2D eigenvalue weighted by atomic mass is 16.1. The Kier molecular flexibility index (Phi) is 6.25. The smallest absolute Gasteiger partial charge is 0.224 e. The van der Waals surface area contributed by atoms with Crippen LogP contribution in [0.25, 0.3) is 11.0 Å². The number of nitrogens with one attached hydrogen (secondary N) is 2. The number of unbranched alkanes of at least 4 members (excludes halogenated alkanes) is 6. The Morgan fingerprint density at radius 1 is 1.18 bits per heavy atom. The summed E-state index contributed by atoms with van der Waals surface area (Å²) >= 11 is 0. The van der Waals surface area contributed by atoms with Crippen LogP contribution < -0.4 is 11.1 Å². The number of amides is 1. The maximum absolute atomic E-state index is 11.9. The number of carbonyl (C=O) groups excluding carboxylic acids is 1. The lowest BCUT2D eigenvalue weighted by molar-refractivity contribution is -0.116. The van der Waals surface area contributed by atoms with E-state index in [9.17, 15) is 4.79 Å². The highest BCUT2D eigenvalue weighted by Gasteiger charge is 2.05. The SMILES string of the molecule is CCCCCCCCCC(=O)Nc1ccc2nc(N)[nH]c2c1. The summed E-state index contributed by atoms with van der Waals surface area (Å²) in [5, 5.41) is 2.93. The fraction of sp³-hybridized carbons (Fsp3) is 0.529. The molecule has 1 aromatic heterocycles. The second kappa shape index (κ2) is 8.41. The summed E-state index contributed by atoms with van der Waals surface area (Å²) in [5.74, 6) is 0.460. The molecule has 5 heteroatoms. The Hall–Kier alpha value is -2.04. The van der Waals surface area contributed by atoms with Crippen LogP contribution in [0.2, 0.25) is 0 Å². The molecule has 120 valence electrons. The van der Waals surface area contributed by atoms with Crippen LogP contribution in [0, 0.1) is 0 Å². The van der Waals surface area contributed by atoms with E-state index in [0.717, 1.165) is 29.6 Å². The van der Waals surface area contributed by atoms with Crippen molar-refractivity contribution >= 4 is 28.6 Å². The number of aromatic nitrogens is 2. The molecule has 5 nitrogen and oxygen atoms in total. The summed E-state index contributed by atoms with van der Waals surface area (Å²) < 4.78 is 0. The summed E-state index contributed by atoms with van der Waals surface area (Å²) in [4.78, 5) is 19.0. The molecule has 1 heterocycles. The Morgan fingerprint density at radius 3 is 2.68 bits per heavy atom. The van der Waals surface area contributed by atoms with Crippen LogP contribution in [-0.2, 0) is 4.79 Å². The molecular formula is C17H26N4O. The molecule has 0 saturated carbocycles. The molecule has 0 bridgehead atoms. The highest BCUT2D eigenvalue weighted by Crippen LogP contribution is 2.18. The van der Waals surface area contributed by atoms with Crippen molar-refractivity contribution < 1.29 is 4.79 Å². The summed E-state index contributed by atoms with van der Waals surface area (Å²) in [7, 11) is 0. The summed E-state index contributed by atoms with van der Waals surface area (Å²) in [6, 6.07) is 5.57. The predicted octanol–water partition coefficient (Wildman–Crippen LogP) is 4.22. The first-order valence-corrected chi connectivity index (χ1v) is 8.24. The lowest BCUT2D eigenvalue weighted by Gasteiger charge is -2.05. The molecule has 0 saturated heterocycles. The third-order valence-electron chi connectivity index (χ3n) is 3.79. The fourth-order valence-corrected chi connectivity index (χ4v) is 2.57. The van der Waals surface area contributed by atoms with E-state index in [4.69, 9.17) is 5.73 Å². The fourth-order valence-electron chi connectivity index (χ4n) is 2.57. The third kappa shape index (κ3) is 5.06. The van der Waals surface area contributed by atoms with Crippen LogP contribution in [0.15, 0.2) is 18.2 Å². The van der Waals surface area contributed by atoms with E-state index in [2.05, 4.69) is 22.2 Å². The average molecular weight is 302 g/mol. The number of anilines is 2. The van der Waals surface area contributed by atoms with Crippen LogP contribution in [-0.4, -0.2) is 15.9 Å². The van der Waals surface area contributed by atoms with E-state index in [0.29, 0.717) is 12.4 Å². The van der Waals surface area contributed by atoms with Crippen molar-refractivity contribution in [2.45, 2.75) is 58.3 Å². The van der Waals surface area contributed by atoms with Gasteiger partial charge in [0.05, 0.1) is 11.0 Å². The number of imidazole rings is 1. The molecule has 1 aromatic carbocycles. The Morgan fingerprint density at radius 2 is 1.91 bits per heavy atom. The normalized spacial score (nSPS) is 11.0. The number of hydrogen-bond donors (Lipinski definition) is 3. The monoisotopic (exact) mass is 302 g/mol. The number of carbonyl (C=O) groups is 1. The number of H-pyrrole nitrogens is 1. The predicted molar refractivity (Wildman–Crippen MR) is 91.7 cm³/mol. The van der Waals surface area contributed by atoms with Gasteiger partial charge in [-0.15, -0.1) is 0 Å². The Balaban J connectivity index is 1.69. The van der Waals surface area contributed by atoms with Crippen molar-refractivity contribution in [3.8, 4) is 0 Å². The van der Waals surface area contributed by atoms with Gasteiger partial charge < -0.3 is 16.0 Å². The maximum atomic E-state index is 11.9. The number of aromatic amines is 1. The highest BCUT2D eigenvalue weighted by molar-refractivity contribution is 5.93. The van der Waals surface area contributed by atoms with Crippen LogP contribution in [0.3, 0.4) is 0 Å². The third-order valence-corrected chi connectivity index (χ3v) is 3.79. The molecular weight excluding hydrogens is 276 g/mol. The minimum absolute atomic E-state index is 0.0698. The second-order valence-electron chi connectivity index (χ2n) is 5.77. The number of nitrogens with zero attached hydrogens (tertiary/aromatic N) is 1. The molecule has 0 spiro atoms. The van der Waals surface area contributed by atoms with Gasteiger partial charge in [0.1, 0.15) is 0 Å². The van der Waals surface area contributed by atoms with Crippen molar-refractivity contribution in [3.63, 3.8) is 0 Å². The first-order chi connectivity index (χ1) is 10.7. The molecule has 0 aliphatic rings. The minimum Gasteiger partial charge on any atom is -0.369 e. The number of rotatable bonds is 9. The van der Waals surface area contributed by atoms with Crippen molar-refractivity contribution in [2.24, 2.45) is 0 Å². The van der Waals surface area contributed by atoms with E-state index in [1.165, 1.54) is 32.1 Å². The van der Waals surface area contributed by atoms with E-state index in [-0.39, 0.29) is 5.91 Å². The van der Waals surface area contributed by atoms with Crippen LogP contribution in [0.4, 0.5) is 11.6 Å². The zero-order chi connectivity index (χ0) is 15.8. The topological polar surface area (TPSA) is 83.8 Å². The van der Waals surface area contributed by atoms with Gasteiger partial charge in [0.25, 0.3) is 0 Å². The van der Waals surface area contributed by atoms with Crippen molar-refractivity contribution in [1.82, 2.24) is 9.97 Å². The molecule has 22 heavy (non-hydrogen) atoms. The Labute approximate surface area is 131 Å². The van der Waals surface area contributed by atoms with Gasteiger partial charge in [-0.2, -0.15) is 0 Å². The van der Waals surface area contributed by atoms with E-state index in [1.54, 1.807) is 0 Å². The number of nitrogens with two attached hydrogens (primary N) is 1. The van der Waals surface area contributed by atoms with E-state index >= 15 is 0 Å². The summed E-state index contributed by atoms with van der Waals surface area (Å²) in [5.41, 5.74) is 8.04. The van der Waals surface area contributed by atoms with Gasteiger partial charge in [-0.3, -0.25) is 4.79 Å². The van der Waals surface area contributed by atoms with E-state index in [1.807, 2.05) is 18.2 Å². The number of hydrogen-bond acceptors (Lipinski definition) is 3. The van der Waals surface area contributed by atoms with Gasteiger partial charge >= 0.3 is 0 Å². The molecule has 4 N–H and O–H groups in total. The van der Waals surface area contributed by atoms with Crippen LogP contribution in [0.1, 0.15) is 58.3 Å². The van der Waals surface area contributed by atoms with Gasteiger partial charge in [0.15, 0.2) is 5.95 Å². The Bertz CT molecular complexity index is 606. The standard InChI is InChI=1S/C17H26N4O/c1-2-3-4-5-6-7-8-9-16(22)19-13-10-11-14-15(12-13)21-17(18)20-14/h10-12H,2-9H2,1H3,(H,19,22)(H3,18,20,21). The molecule has 0 aliphatic carbocycles. The zero-order valence-corrected chi connectivity index (χ0v) is 13.3. The van der Waals surface area contributed by atoms with Crippen LogP contribution >= 0.6 is 0 Å². The minimum atomic E-state index is 0.0698. The van der Waals surface area contributed by atoms with Gasteiger partial charge in [0.2, 0.25) is 5.91 Å². The lowest BCUT2D eigenvalue weighted by atomic mass is 10.1. The molecule has 0 radical (unpaired) electrons. The number of fused-ring (bicyclic) bond motifs is 1. The molecule has 2 rings (SSSR count). The molecule has 2 aromatic rings. The van der Waals surface area contributed by atoms with Crippen LogP contribution in [0.5, 0.6) is 0 Å². The summed E-state index contributed by atoms with van der Waals surface area (Å²) in [6.45, 7) is 2.22. The average Bonchev–Trinajstić information content (AvgIpc) is 2.85. The number of nitrogen functional groups attached to an aromatic ring is 1. The number of benzene rings is 1. The summed E-state index contributed by atoms with van der Waals surface area (Å²) in [6.07, 6.45) is 9.09. The largest absolute Gasteiger partial charge is 0.369 e. The first kappa shape index (κ1) is 16.3. The second-order valence-corrected chi connectivity index (χ2v) is 5.77. The van der Waals surface area contributed by atoms with E-state index < -0.39 is 0 Å². The quantitative estimate of drug-likeness (QED) is 0.606. The van der Waals surface area contributed by atoms with Gasteiger partial charge in [-0.25, -0.2) is 4.98 Å². The molecule has 1 amide bonds. The van der Waals surface area contributed by atoms with Crippen molar-refractivity contribution in [2.75, 3.05) is 11.1 Å².